The summed E-state index contributed by atoms with van der Waals surface area (Å²) in [6.45, 7) is 2.10. The van der Waals surface area contributed by atoms with Crippen LogP contribution in [-0.4, -0.2) is 47.5 Å². The molecule has 0 saturated carbocycles. The number of carbonyl (C=O) groups is 1. The van der Waals surface area contributed by atoms with Crippen LogP contribution in [0.5, 0.6) is 0 Å². The SMILES string of the molecule is CC(O)(CO)CNC(=O)C1CCCCCCN1. The van der Waals surface area contributed by atoms with Crippen molar-refractivity contribution in [3.8, 4) is 0 Å². The number of hydrogen-bond acceptors (Lipinski definition) is 4. The molecule has 0 spiro atoms. The van der Waals surface area contributed by atoms with Crippen LogP contribution in [0.1, 0.15) is 39.0 Å². The smallest absolute Gasteiger partial charge is 0.237 e. The fraction of sp³-hybridized carbons (Fsp3) is 0.917. The average molecular weight is 244 g/mol. The van der Waals surface area contributed by atoms with Gasteiger partial charge in [0.15, 0.2) is 0 Å². The van der Waals surface area contributed by atoms with E-state index in [2.05, 4.69) is 10.6 Å². The molecule has 1 aliphatic rings. The van der Waals surface area contributed by atoms with Gasteiger partial charge in [0.2, 0.25) is 5.91 Å². The minimum atomic E-state index is -1.24. The first kappa shape index (κ1) is 14.4. The fourth-order valence-electron chi connectivity index (χ4n) is 1.89. The van der Waals surface area contributed by atoms with E-state index in [4.69, 9.17) is 5.11 Å². The Kier molecular flexibility index (Phi) is 5.88. The average Bonchev–Trinajstić information content (AvgIpc) is 2.26. The van der Waals surface area contributed by atoms with Crippen molar-refractivity contribution in [2.24, 2.45) is 0 Å². The molecule has 1 fully saturated rings. The second-order valence-corrected chi connectivity index (χ2v) is 5.08. The number of hydrogen-bond donors (Lipinski definition) is 4. The molecule has 0 bridgehead atoms. The first-order valence-corrected chi connectivity index (χ1v) is 6.39. The highest BCUT2D eigenvalue weighted by atomic mass is 16.3. The Balaban J connectivity index is 2.34. The summed E-state index contributed by atoms with van der Waals surface area (Å²) >= 11 is 0. The highest BCUT2D eigenvalue weighted by molar-refractivity contribution is 5.81. The number of rotatable bonds is 4. The van der Waals surface area contributed by atoms with Gasteiger partial charge < -0.3 is 20.8 Å². The lowest BCUT2D eigenvalue weighted by atomic mass is 10.0. The second-order valence-electron chi connectivity index (χ2n) is 5.08. The molecule has 0 aromatic carbocycles. The van der Waals surface area contributed by atoms with Crippen LogP contribution in [0.3, 0.4) is 0 Å². The van der Waals surface area contributed by atoms with Gasteiger partial charge >= 0.3 is 0 Å². The van der Waals surface area contributed by atoms with E-state index in [-0.39, 0.29) is 25.1 Å². The molecule has 2 unspecified atom stereocenters. The van der Waals surface area contributed by atoms with Crippen LogP contribution in [0.4, 0.5) is 0 Å². The van der Waals surface area contributed by atoms with Crippen molar-refractivity contribution in [3.05, 3.63) is 0 Å². The Hall–Kier alpha value is -0.650. The molecule has 100 valence electrons. The number of carbonyl (C=O) groups excluding carboxylic acids is 1. The Bertz CT molecular complexity index is 236. The zero-order valence-corrected chi connectivity index (χ0v) is 10.5. The molecule has 1 heterocycles. The zero-order valence-electron chi connectivity index (χ0n) is 10.5. The minimum Gasteiger partial charge on any atom is -0.393 e. The maximum absolute atomic E-state index is 11.9. The third-order valence-electron chi connectivity index (χ3n) is 3.11. The third-order valence-corrected chi connectivity index (χ3v) is 3.11. The highest BCUT2D eigenvalue weighted by Crippen LogP contribution is 2.09. The molecule has 0 aromatic rings. The Labute approximate surface area is 103 Å². The van der Waals surface area contributed by atoms with E-state index in [9.17, 15) is 9.90 Å². The number of aliphatic hydroxyl groups excluding tert-OH is 1. The third kappa shape index (κ3) is 5.48. The Morgan fingerprint density at radius 2 is 2.12 bits per heavy atom. The summed E-state index contributed by atoms with van der Waals surface area (Å²) in [6, 6.07) is -0.162. The van der Waals surface area contributed by atoms with Gasteiger partial charge in [0.05, 0.1) is 12.6 Å². The van der Waals surface area contributed by atoms with Gasteiger partial charge in [-0.3, -0.25) is 4.79 Å². The van der Waals surface area contributed by atoms with Crippen LogP contribution >= 0.6 is 0 Å². The van der Waals surface area contributed by atoms with Crippen molar-refractivity contribution in [3.63, 3.8) is 0 Å². The molecular formula is C12H24N2O3. The minimum absolute atomic E-state index is 0.0828. The molecule has 1 aliphatic heterocycles. The summed E-state index contributed by atoms with van der Waals surface area (Å²) in [7, 11) is 0. The van der Waals surface area contributed by atoms with Gasteiger partial charge in [0.25, 0.3) is 0 Å². The van der Waals surface area contributed by atoms with Crippen molar-refractivity contribution in [2.75, 3.05) is 19.7 Å². The van der Waals surface area contributed by atoms with E-state index in [1.165, 1.54) is 19.8 Å². The van der Waals surface area contributed by atoms with Gasteiger partial charge in [-0.25, -0.2) is 0 Å². The van der Waals surface area contributed by atoms with E-state index in [1.807, 2.05) is 0 Å². The van der Waals surface area contributed by atoms with Crippen LogP contribution in [0, 0.1) is 0 Å². The first-order chi connectivity index (χ1) is 8.05. The molecule has 0 radical (unpaired) electrons. The number of aliphatic hydroxyl groups is 2. The fourth-order valence-corrected chi connectivity index (χ4v) is 1.89. The lowest BCUT2D eigenvalue weighted by Crippen LogP contribution is -2.50. The van der Waals surface area contributed by atoms with Gasteiger partial charge in [-0.15, -0.1) is 0 Å². The van der Waals surface area contributed by atoms with E-state index < -0.39 is 5.60 Å². The second kappa shape index (κ2) is 6.93. The molecular weight excluding hydrogens is 220 g/mol. The summed E-state index contributed by atoms with van der Waals surface area (Å²) < 4.78 is 0. The topological polar surface area (TPSA) is 81.6 Å². The Morgan fingerprint density at radius 1 is 1.41 bits per heavy atom. The van der Waals surface area contributed by atoms with Gasteiger partial charge in [0, 0.05) is 6.54 Å². The molecule has 0 aromatic heterocycles. The van der Waals surface area contributed by atoms with Crippen molar-refractivity contribution in [2.45, 2.75) is 50.7 Å². The highest BCUT2D eigenvalue weighted by Gasteiger charge is 2.23. The molecule has 1 amide bonds. The maximum Gasteiger partial charge on any atom is 0.237 e. The number of nitrogens with one attached hydrogen (secondary N) is 2. The van der Waals surface area contributed by atoms with Crippen LogP contribution in [0.25, 0.3) is 0 Å². The van der Waals surface area contributed by atoms with E-state index in [0.717, 1.165) is 25.8 Å². The van der Waals surface area contributed by atoms with Crippen molar-refractivity contribution >= 4 is 5.91 Å². The molecule has 2 atom stereocenters. The molecule has 4 N–H and O–H groups in total. The maximum atomic E-state index is 11.9. The monoisotopic (exact) mass is 244 g/mol. The zero-order chi connectivity index (χ0) is 12.7. The van der Waals surface area contributed by atoms with Crippen molar-refractivity contribution < 1.29 is 15.0 Å². The van der Waals surface area contributed by atoms with Crippen molar-refractivity contribution in [1.82, 2.24) is 10.6 Å². The summed E-state index contributed by atoms with van der Waals surface area (Å²) in [5, 5.41) is 24.4. The van der Waals surface area contributed by atoms with Crippen LogP contribution in [-0.2, 0) is 4.79 Å². The standard InChI is InChI=1S/C12H24N2O3/c1-12(17,9-15)8-14-11(16)10-6-4-2-3-5-7-13-10/h10,13,15,17H,2-9H2,1H3,(H,14,16). The molecule has 5 heteroatoms. The lowest BCUT2D eigenvalue weighted by molar-refractivity contribution is -0.124. The van der Waals surface area contributed by atoms with E-state index in [1.54, 1.807) is 0 Å². The number of amides is 1. The van der Waals surface area contributed by atoms with Gasteiger partial charge in [-0.1, -0.05) is 19.3 Å². The van der Waals surface area contributed by atoms with Crippen LogP contribution in [0.2, 0.25) is 0 Å². The van der Waals surface area contributed by atoms with Gasteiger partial charge in [-0.2, -0.15) is 0 Å². The lowest BCUT2D eigenvalue weighted by Gasteiger charge is -2.24. The Morgan fingerprint density at radius 3 is 2.82 bits per heavy atom. The summed E-state index contributed by atoms with van der Waals surface area (Å²) in [5.41, 5.74) is -1.24. The predicted molar refractivity (Wildman–Crippen MR) is 65.6 cm³/mol. The van der Waals surface area contributed by atoms with Crippen molar-refractivity contribution in [1.29, 1.82) is 0 Å². The molecule has 0 aliphatic carbocycles. The first-order valence-electron chi connectivity index (χ1n) is 6.39. The van der Waals surface area contributed by atoms with Crippen LogP contribution in [0.15, 0.2) is 0 Å². The predicted octanol–water partition coefficient (Wildman–Crippen LogP) is -0.232. The molecule has 5 nitrogen and oxygen atoms in total. The largest absolute Gasteiger partial charge is 0.393 e. The summed E-state index contributed by atoms with van der Waals surface area (Å²) in [6.07, 6.45) is 5.41. The molecule has 1 saturated heterocycles. The van der Waals surface area contributed by atoms with E-state index >= 15 is 0 Å². The summed E-state index contributed by atoms with van der Waals surface area (Å²) in [4.78, 5) is 11.9. The van der Waals surface area contributed by atoms with Gasteiger partial charge in [-0.05, 0) is 26.3 Å². The molecule has 1 rings (SSSR count). The quantitative estimate of drug-likeness (QED) is 0.550. The van der Waals surface area contributed by atoms with Crippen LogP contribution < -0.4 is 10.6 Å². The summed E-state index contributed by atoms with van der Waals surface area (Å²) in [5.74, 6) is -0.0828. The van der Waals surface area contributed by atoms with Gasteiger partial charge in [0.1, 0.15) is 5.60 Å². The normalized spacial score (nSPS) is 25.5. The van der Waals surface area contributed by atoms with E-state index in [0.29, 0.717) is 0 Å². The molecule has 17 heavy (non-hydrogen) atoms.